The minimum atomic E-state index is -0.407. The molecule has 15 heavy (non-hydrogen) atoms. The van der Waals surface area contributed by atoms with Crippen molar-refractivity contribution >= 4 is 0 Å². The molecule has 0 aliphatic rings. The SMILES string of the molecule is CC(C)CCNC(O)CCCN(C)CO. The molecule has 92 valence electrons. The first-order valence-corrected chi connectivity index (χ1v) is 5.77. The average Bonchev–Trinajstić information content (AvgIpc) is 2.17. The van der Waals surface area contributed by atoms with Gasteiger partial charge in [-0.1, -0.05) is 13.8 Å². The van der Waals surface area contributed by atoms with Gasteiger partial charge < -0.3 is 10.2 Å². The van der Waals surface area contributed by atoms with E-state index in [2.05, 4.69) is 19.2 Å². The molecule has 0 aromatic heterocycles. The number of aliphatic hydroxyl groups excluding tert-OH is 2. The number of nitrogens with one attached hydrogen (secondary N) is 1. The second-order valence-electron chi connectivity index (χ2n) is 4.52. The monoisotopic (exact) mass is 218 g/mol. The molecule has 0 bridgehead atoms. The van der Waals surface area contributed by atoms with Crippen molar-refractivity contribution in [3.63, 3.8) is 0 Å². The number of aliphatic hydroxyl groups is 2. The maximum absolute atomic E-state index is 9.56. The Kier molecular flexibility index (Phi) is 9.00. The smallest absolute Gasteiger partial charge is 0.104 e. The maximum atomic E-state index is 9.56. The summed E-state index contributed by atoms with van der Waals surface area (Å²) in [7, 11) is 1.86. The van der Waals surface area contributed by atoms with Crippen molar-refractivity contribution in [3.05, 3.63) is 0 Å². The van der Waals surface area contributed by atoms with Crippen molar-refractivity contribution in [2.45, 2.75) is 39.3 Å². The maximum Gasteiger partial charge on any atom is 0.104 e. The molecule has 1 atom stereocenters. The van der Waals surface area contributed by atoms with E-state index in [-0.39, 0.29) is 6.73 Å². The normalized spacial score (nSPS) is 13.8. The molecule has 1 unspecified atom stereocenters. The number of hydrogen-bond donors (Lipinski definition) is 3. The summed E-state index contributed by atoms with van der Waals surface area (Å²) in [6.07, 6.45) is 2.32. The van der Waals surface area contributed by atoms with Crippen molar-refractivity contribution in [1.82, 2.24) is 10.2 Å². The van der Waals surface area contributed by atoms with Gasteiger partial charge in [0.2, 0.25) is 0 Å². The molecule has 0 aromatic rings. The largest absolute Gasteiger partial charge is 0.381 e. The van der Waals surface area contributed by atoms with Crippen LogP contribution in [0.3, 0.4) is 0 Å². The Bertz CT molecular complexity index is 143. The van der Waals surface area contributed by atoms with Gasteiger partial charge in [-0.25, -0.2) is 0 Å². The predicted octanol–water partition coefficient (Wildman–Crippen LogP) is 0.602. The van der Waals surface area contributed by atoms with Gasteiger partial charge in [-0.2, -0.15) is 0 Å². The van der Waals surface area contributed by atoms with Crippen LogP contribution in [0.25, 0.3) is 0 Å². The van der Waals surface area contributed by atoms with Crippen LogP contribution in [0.5, 0.6) is 0 Å². The Morgan fingerprint density at radius 2 is 1.93 bits per heavy atom. The first-order chi connectivity index (χ1) is 7.06. The molecule has 0 saturated carbocycles. The molecule has 0 spiro atoms. The van der Waals surface area contributed by atoms with Crippen molar-refractivity contribution in [2.24, 2.45) is 5.92 Å². The third kappa shape index (κ3) is 10.1. The van der Waals surface area contributed by atoms with Gasteiger partial charge >= 0.3 is 0 Å². The lowest BCUT2D eigenvalue weighted by molar-refractivity contribution is 0.102. The van der Waals surface area contributed by atoms with E-state index in [1.54, 1.807) is 0 Å². The summed E-state index contributed by atoms with van der Waals surface area (Å²) in [5.41, 5.74) is 0. The molecule has 0 radical (unpaired) electrons. The Hall–Kier alpha value is -0.160. The van der Waals surface area contributed by atoms with Crippen molar-refractivity contribution in [2.75, 3.05) is 26.9 Å². The van der Waals surface area contributed by atoms with Gasteiger partial charge in [-0.05, 0) is 38.8 Å². The standard InChI is InChI=1S/C11H26N2O2/c1-10(2)6-7-12-11(15)5-4-8-13(3)9-14/h10-12,14-15H,4-9H2,1-3H3. The lowest BCUT2D eigenvalue weighted by Crippen LogP contribution is -2.31. The lowest BCUT2D eigenvalue weighted by Gasteiger charge is -2.16. The molecular formula is C11H26N2O2. The quantitative estimate of drug-likeness (QED) is 0.496. The second kappa shape index (κ2) is 9.09. The second-order valence-corrected chi connectivity index (χ2v) is 4.52. The Morgan fingerprint density at radius 3 is 2.47 bits per heavy atom. The molecule has 3 N–H and O–H groups in total. The molecule has 4 nitrogen and oxygen atoms in total. The first kappa shape index (κ1) is 14.8. The van der Waals surface area contributed by atoms with E-state index >= 15 is 0 Å². The summed E-state index contributed by atoms with van der Waals surface area (Å²) >= 11 is 0. The van der Waals surface area contributed by atoms with Crippen LogP contribution in [-0.4, -0.2) is 48.2 Å². The summed E-state index contributed by atoms with van der Waals surface area (Å²) < 4.78 is 0. The highest BCUT2D eigenvalue weighted by Gasteiger charge is 2.04. The zero-order valence-electron chi connectivity index (χ0n) is 10.2. The Morgan fingerprint density at radius 1 is 1.27 bits per heavy atom. The fourth-order valence-electron chi connectivity index (χ4n) is 1.27. The molecule has 0 saturated heterocycles. The molecular weight excluding hydrogens is 192 g/mol. The van der Waals surface area contributed by atoms with Crippen molar-refractivity contribution < 1.29 is 10.2 Å². The molecule has 0 fully saturated rings. The van der Waals surface area contributed by atoms with Crippen molar-refractivity contribution in [3.8, 4) is 0 Å². The van der Waals surface area contributed by atoms with Gasteiger partial charge in [0.15, 0.2) is 0 Å². The molecule has 0 rings (SSSR count). The van der Waals surface area contributed by atoms with E-state index in [1.807, 2.05) is 11.9 Å². The summed E-state index contributed by atoms with van der Waals surface area (Å²) in [5, 5.41) is 21.4. The van der Waals surface area contributed by atoms with E-state index in [9.17, 15) is 5.11 Å². The van der Waals surface area contributed by atoms with Crippen LogP contribution in [0.15, 0.2) is 0 Å². The Balaban J connectivity index is 3.29. The van der Waals surface area contributed by atoms with Crippen LogP contribution >= 0.6 is 0 Å². The van der Waals surface area contributed by atoms with Crippen LogP contribution in [-0.2, 0) is 0 Å². The van der Waals surface area contributed by atoms with Gasteiger partial charge in [0.1, 0.15) is 6.23 Å². The average molecular weight is 218 g/mol. The van der Waals surface area contributed by atoms with Crippen LogP contribution in [0, 0.1) is 5.92 Å². The minimum Gasteiger partial charge on any atom is -0.381 e. The summed E-state index contributed by atoms with van der Waals surface area (Å²) in [5.74, 6) is 0.672. The van der Waals surface area contributed by atoms with Gasteiger partial charge in [0.25, 0.3) is 0 Å². The van der Waals surface area contributed by atoms with Crippen LogP contribution < -0.4 is 5.32 Å². The van der Waals surface area contributed by atoms with Crippen LogP contribution in [0.1, 0.15) is 33.1 Å². The molecule has 0 aliphatic heterocycles. The van der Waals surface area contributed by atoms with Gasteiger partial charge in [-0.15, -0.1) is 0 Å². The minimum absolute atomic E-state index is 0.0802. The summed E-state index contributed by atoms with van der Waals surface area (Å²) in [6, 6.07) is 0. The highest BCUT2D eigenvalue weighted by molar-refractivity contribution is 4.57. The van der Waals surface area contributed by atoms with Crippen LogP contribution in [0.4, 0.5) is 0 Å². The lowest BCUT2D eigenvalue weighted by atomic mass is 10.1. The molecule has 0 aromatic carbocycles. The van der Waals surface area contributed by atoms with E-state index in [0.29, 0.717) is 5.92 Å². The molecule has 0 heterocycles. The third-order valence-corrected chi connectivity index (χ3v) is 2.36. The highest BCUT2D eigenvalue weighted by Crippen LogP contribution is 1.99. The number of nitrogens with zero attached hydrogens (tertiary/aromatic N) is 1. The van der Waals surface area contributed by atoms with E-state index in [1.165, 1.54) is 0 Å². The number of hydrogen-bond acceptors (Lipinski definition) is 4. The predicted molar refractivity (Wildman–Crippen MR) is 62.4 cm³/mol. The van der Waals surface area contributed by atoms with E-state index < -0.39 is 6.23 Å². The molecule has 0 amide bonds. The van der Waals surface area contributed by atoms with Gasteiger partial charge in [-0.3, -0.25) is 10.2 Å². The first-order valence-electron chi connectivity index (χ1n) is 5.77. The van der Waals surface area contributed by atoms with Gasteiger partial charge in [0.05, 0.1) is 6.73 Å². The summed E-state index contributed by atoms with van der Waals surface area (Å²) in [4.78, 5) is 1.82. The highest BCUT2D eigenvalue weighted by atomic mass is 16.3. The van der Waals surface area contributed by atoms with Crippen LogP contribution in [0.2, 0.25) is 0 Å². The Labute approximate surface area is 93.3 Å². The third-order valence-electron chi connectivity index (χ3n) is 2.36. The fraction of sp³-hybridized carbons (Fsp3) is 1.00. The fourth-order valence-corrected chi connectivity index (χ4v) is 1.27. The topological polar surface area (TPSA) is 55.7 Å². The number of rotatable bonds is 9. The summed E-state index contributed by atoms with van der Waals surface area (Å²) in [6.45, 7) is 6.11. The zero-order chi connectivity index (χ0) is 11.7. The van der Waals surface area contributed by atoms with E-state index in [4.69, 9.17) is 5.11 Å². The van der Waals surface area contributed by atoms with Gasteiger partial charge in [0, 0.05) is 6.54 Å². The van der Waals surface area contributed by atoms with E-state index in [0.717, 1.165) is 32.4 Å². The van der Waals surface area contributed by atoms with Crippen molar-refractivity contribution in [1.29, 1.82) is 0 Å². The molecule has 4 heteroatoms. The molecule has 0 aliphatic carbocycles. The zero-order valence-corrected chi connectivity index (χ0v) is 10.2.